The zero-order valence-corrected chi connectivity index (χ0v) is 13.3. The van der Waals surface area contributed by atoms with E-state index in [9.17, 15) is 4.79 Å². The second-order valence-electron chi connectivity index (χ2n) is 5.90. The minimum Gasteiger partial charge on any atom is -0.466 e. The Kier molecular flexibility index (Phi) is 5.48. The maximum Gasteiger partial charge on any atom is 0.308 e. The Morgan fingerprint density at radius 3 is 2.62 bits per heavy atom. The minimum atomic E-state index is -0.0352. The summed E-state index contributed by atoms with van der Waals surface area (Å²) in [5.41, 5.74) is 2.31. The summed E-state index contributed by atoms with van der Waals surface area (Å²) in [7, 11) is 4.07. The topological polar surface area (TPSA) is 41.6 Å². The van der Waals surface area contributed by atoms with Crippen molar-refractivity contribution in [2.75, 3.05) is 30.9 Å². The van der Waals surface area contributed by atoms with Gasteiger partial charge >= 0.3 is 5.97 Å². The van der Waals surface area contributed by atoms with Crippen molar-refractivity contribution in [3.05, 3.63) is 24.3 Å². The third kappa shape index (κ3) is 4.38. The number of carbonyl (C=O) groups is 1. The van der Waals surface area contributed by atoms with Crippen molar-refractivity contribution >= 4 is 17.3 Å². The molecule has 21 heavy (non-hydrogen) atoms. The van der Waals surface area contributed by atoms with Gasteiger partial charge in [-0.25, -0.2) is 0 Å². The second kappa shape index (κ2) is 7.34. The van der Waals surface area contributed by atoms with Crippen LogP contribution in [0.4, 0.5) is 11.4 Å². The Morgan fingerprint density at radius 2 is 2.00 bits per heavy atom. The Balaban J connectivity index is 1.91. The smallest absolute Gasteiger partial charge is 0.308 e. The monoisotopic (exact) mass is 290 g/mol. The van der Waals surface area contributed by atoms with Crippen molar-refractivity contribution < 1.29 is 9.53 Å². The van der Waals surface area contributed by atoms with Crippen molar-refractivity contribution in [2.45, 2.75) is 38.6 Å². The van der Waals surface area contributed by atoms with E-state index in [-0.39, 0.29) is 11.9 Å². The van der Waals surface area contributed by atoms with Gasteiger partial charge in [0.1, 0.15) is 0 Å². The van der Waals surface area contributed by atoms with Gasteiger partial charge in [-0.15, -0.1) is 0 Å². The number of anilines is 2. The van der Waals surface area contributed by atoms with Crippen LogP contribution in [0.15, 0.2) is 24.3 Å². The molecule has 1 saturated carbocycles. The Hall–Kier alpha value is -1.71. The summed E-state index contributed by atoms with van der Waals surface area (Å²) < 4.78 is 5.15. The molecule has 4 heteroatoms. The molecule has 4 nitrogen and oxygen atoms in total. The van der Waals surface area contributed by atoms with Crippen molar-refractivity contribution in [1.29, 1.82) is 0 Å². The molecule has 0 spiro atoms. The molecule has 0 aliphatic heterocycles. The molecule has 1 aromatic carbocycles. The van der Waals surface area contributed by atoms with Crippen LogP contribution in [0, 0.1) is 5.92 Å². The van der Waals surface area contributed by atoms with Gasteiger partial charge in [0.15, 0.2) is 0 Å². The standard InChI is InChI=1S/C17H26N2O2/c1-4-21-17(20)13-6-5-7-15(12-13)18-14-8-10-16(11-9-14)19(2)3/h8-11,13,15,18H,4-7,12H2,1-3H3. The first kappa shape index (κ1) is 15.7. The lowest BCUT2D eigenvalue weighted by Gasteiger charge is -2.29. The number of hydrogen-bond donors (Lipinski definition) is 1. The molecular weight excluding hydrogens is 264 g/mol. The van der Waals surface area contributed by atoms with Gasteiger partial charge in [-0.2, -0.15) is 0 Å². The lowest BCUT2D eigenvalue weighted by atomic mass is 9.85. The van der Waals surface area contributed by atoms with Crippen LogP contribution in [-0.2, 0) is 9.53 Å². The SMILES string of the molecule is CCOC(=O)C1CCCC(Nc2ccc(N(C)C)cc2)C1. The van der Waals surface area contributed by atoms with E-state index in [2.05, 4.69) is 34.5 Å². The van der Waals surface area contributed by atoms with E-state index in [1.807, 2.05) is 21.0 Å². The normalized spacial score (nSPS) is 21.7. The third-order valence-electron chi connectivity index (χ3n) is 4.05. The van der Waals surface area contributed by atoms with Gasteiger partial charge in [0.25, 0.3) is 0 Å². The van der Waals surface area contributed by atoms with Gasteiger partial charge in [0.05, 0.1) is 12.5 Å². The molecule has 0 heterocycles. The number of esters is 1. The van der Waals surface area contributed by atoms with Crippen molar-refractivity contribution in [1.82, 2.24) is 0 Å². The average Bonchev–Trinajstić information content (AvgIpc) is 2.48. The van der Waals surface area contributed by atoms with E-state index < -0.39 is 0 Å². The van der Waals surface area contributed by atoms with Crippen molar-refractivity contribution in [2.24, 2.45) is 5.92 Å². The summed E-state index contributed by atoms with van der Waals surface area (Å²) >= 11 is 0. The number of nitrogens with zero attached hydrogens (tertiary/aromatic N) is 1. The molecule has 0 radical (unpaired) electrons. The summed E-state index contributed by atoms with van der Waals surface area (Å²) in [5, 5.41) is 3.55. The molecule has 1 fully saturated rings. The number of carbonyl (C=O) groups excluding carboxylic acids is 1. The van der Waals surface area contributed by atoms with E-state index in [1.54, 1.807) is 0 Å². The highest BCUT2D eigenvalue weighted by Gasteiger charge is 2.28. The minimum absolute atomic E-state index is 0.0352. The first-order valence-corrected chi connectivity index (χ1v) is 7.80. The maximum atomic E-state index is 11.9. The average molecular weight is 290 g/mol. The second-order valence-corrected chi connectivity index (χ2v) is 5.90. The number of nitrogens with one attached hydrogen (secondary N) is 1. The molecule has 1 aliphatic carbocycles. The van der Waals surface area contributed by atoms with E-state index in [1.165, 1.54) is 5.69 Å². The Bertz CT molecular complexity index is 456. The van der Waals surface area contributed by atoms with E-state index in [0.717, 1.165) is 31.4 Å². The highest BCUT2D eigenvalue weighted by atomic mass is 16.5. The fraction of sp³-hybridized carbons (Fsp3) is 0.588. The third-order valence-corrected chi connectivity index (χ3v) is 4.05. The zero-order chi connectivity index (χ0) is 15.2. The summed E-state index contributed by atoms with van der Waals surface area (Å²) in [6, 6.07) is 8.77. The molecule has 1 aromatic rings. The lowest BCUT2D eigenvalue weighted by molar-refractivity contribution is -0.149. The van der Waals surface area contributed by atoms with Gasteiger partial charge in [0, 0.05) is 31.5 Å². The number of rotatable bonds is 5. The van der Waals surface area contributed by atoms with Crippen LogP contribution in [0.3, 0.4) is 0 Å². The highest BCUT2D eigenvalue weighted by Crippen LogP contribution is 2.28. The number of benzene rings is 1. The van der Waals surface area contributed by atoms with Crippen LogP contribution < -0.4 is 10.2 Å². The largest absolute Gasteiger partial charge is 0.466 e. The predicted octanol–water partition coefficient (Wildman–Crippen LogP) is 3.29. The first-order valence-electron chi connectivity index (χ1n) is 7.80. The van der Waals surface area contributed by atoms with Crippen molar-refractivity contribution in [3.63, 3.8) is 0 Å². The summed E-state index contributed by atoms with van der Waals surface area (Å²) in [6.45, 7) is 2.34. The summed E-state index contributed by atoms with van der Waals surface area (Å²) in [6.07, 6.45) is 4.02. The first-order chi connectivity index (χ1) is 10.1. The van der Waals surface area contributed by atoms with E-state index >= 15 is 0 Å². The molecule has 2 atom stereocenters. The molecule has 0 amide bonds. The molecule has 1 N–H and O–H groups in total. The van der Waals surface area contributed by atoms with Crippen LogP contribution in [0.5, 0.6) is 0 Å². The Morgan fingerprint density at radius 1 is 1.29 bits per heavy atom. The van der Waals surface area contributed by atoms with Crippen LogP contribution >= 0.6 is 0 Å². The van der Waals surface area contributed by atoms with E-state index in [4.69, 9.17) is 4.74 Å². The molecule has 116 valence electrons. The summed E-state index contributed by atoms with van der Waals surface area (Å²) in [4.78, 5) is 13.9. The summed E-state index contributed by atoms with van der Waals surface area (Å²) in [5.74, 6) is 0.0178. The van der Waals surface area contributed by atoms with Crippen LogP contribution in [0.2, 0.25) is 0 Å². The van der Waals surface area contributed by atoms with Crippen LogP contribution in [-0.4, -0.2) is 32.7 Å². The molecule has 2 unspecified atom stereocenters. The fourth-order valence-electron chi connectivity index (χ4n) is 2.89. The number of ether oxygens (including phenoxy) is 1. The molecular formula is C17H26N2O2. The predicted molar refractivity (Wildman–Crippen MR) is 86.8 cm³/mol. The lowest BCUT2D eigenvalue weighted by Crippen LogP contribution is -2.32. The molecule has 0 saturated heterocycles. The van der Waals surface area contributed by atoms with E-state index in [0.29, 0.717) is 12.6 Å². The quantitative estimate of drug-likeness (QED) is 0.845. The van der Waals surface area contributed by atoms with Crippen LogP contribution in [0.1, 0.15) is 32.6 Å². The molecule has 2 rings (SSSR count). The molecule has 0 bridgehead atoms. The van der Waals surface area contributed by atoms with Crippen LogP contribution in [0.25, 0.3) is 0 Å². The molecule has 1 aliphatic rings. The molecule has 0 aromatic heterocycles. The van der Waals surface area contributed by atoms with Gasteiger partial charge in [-0.3, -0.25) is 4.79 Å². The Labute approximate surface area is 127 Å². The number of hydrogen-bond acceptors (Lipinski definition) is 4. The zero-order valence-electron chi connectivity index (χ0n) is 13.3. The maximum absolute atomic E-state index is 11.9. The fourth-order valence-corrected chi connectivity index (χ4v) is 2.89. The van der Waals surface area contributed by atoms with Crippen molar-refractivity contribution in [3.8, 4) is 0 Å². The van der Waals surface area contributed by atoms with Gasteiger partial charge in [0.2, 0.25) is 0 Å². The highest BCUT2D eigenvalue weighted by molar-refractivity contribution is 5.72. The van der Waals surface area contributed by atoms with Gasteiger partial charge < -0.3 is 15.0 Å². The van der Waals surface area contributed by atoms with Gasteiger partial charge in [-0.1, -0.05) is 6.42 Å². The van der Waals surface area contributed by atoms with Gasteiger partial charge in [-0.05, 0) is 50.5 Å².